The van der Waals surface area contributed by atoms with Crippen LogP contribution in [0.4, 0.5) is 11.6 Å². The van der Waals surface area contributed by atoms with Crippen molar-refractivity contribution in [2.75, 3.05) is 50.8 Å². The zero-order valence-electron chi connectivity index (χ0n) is 34.6. The number of guanidine groups is 1. The zero-order chi connectivity index (χ0) is 46.1. The number of amides is 2. The van der Waals surface area contributed by atoms with Gasteiger partial charge in [0.25, 0.3) is 5.91 Å². The van der Waals surface area contributed by atoms with Gasteiger partial charge in [-0.25, -0.2) is 9.97 Å². The number of aliphatic hydroxyl groups is 9. The number of primary amides is 1. The second kappa shape index (κ2) is 25.7. The van der Waals surface area contributed by atoms with Gasteiger partial charge in [-0.1, -0.05) is 54.9 Å². The van der Waals surface area contributed by atoms with Crippen LogP contribution in [-0.4, -0.2) is 173 Å². The van der Waals surface area contributed by atoms with Crippen LogP contribution in [0, 0.1) is 5.41 Å². The Hall–Kier alpha value is -4.36. The van der Waals surface area contributed by atoms with Crippen LogP contribution in [0.5, 0.6) is 0 Å². The summed E-state index contributed by atoms with van der Waals surface area (Å²) in [6.45, 7) is 0.764. The maximum atomic E-state index is 12.5. The number of aryl methyl sites for hydroxylation is 2. The molecule has 346 valence electrons. The maximum absolute atomic E-state index is 12.5. The molecule has 0 bridgehead atoms. The lowest BCUT2D eigenvalue weighted by molar-refractivity contribution is -0.127. The predicted molar refractivity (Wildman–Crippen MR) is 232 cm³/mol. The Kier molecular flexibility index (Phi) is 21.5. The third-order valence-corrected chi connectivity index (χ3v) is 10.8. The molecule has 3 aromatic rings. The summed E-state index contributed by atoms with van der Waals surface area (Å²) in [4.78, 5) is 34.0. The van der Waals surface area contributed by atoms with Crippen molar-refractivity contribution in [3.63, 3.8) is 0 Å². The van der Waals surface area contributed by atoms with Gasteiger partial charge in [-0.3, -0.25) is 25.2 Å². The Balaban J connectivity index is 1.55. The van der Waals surface area contributed by atoms with Crippen molar-refractivity contribution in [1.82, 2.24) is 30.8 Å². The summed E-state index contributed by atoms with van der Waals surface area (Å²) >= 11 is 5.84. The lowest BCUT2D eigenvalue weighted by Crippen LogP contribution is -2.53. The molecular formula is C40H63ClN10O11. The average molecular weight is 895 g/mol. The summed E-state index contributed by atoms with van der Waals surface area (Å²) in [5, 5.41) is 110. The highest BCUT2D eigenvalue weighted by Gasteiger charge is 2.34. The average Bonchev–Trinajstić information content (AvgIpc) is 3.25. The number of benzene rings is 2. The summed E-state index contributed by atoms with van der Waals surface area (Å²) in [7, 11) is 0. The number of carbonyl (C=O) groups is 2. The fraction of sp³-hybridized carbons (Fsp3) is 0.575. The van der Waals surface area contributed by atoms with E-state index in [1.807, 2.05) is 36.4 Å². The number of nitrogen functional groups attached to an aromatic ring is 2. The van der Waals surface area contributed by atoms with E-state index in [0.29, 0.717) is 32.2 Å². The Morgan fingerprint density at radius 3 is 1.90 bits per heavy atom. The molecule has 2 aromatic carbocycles. The Bertz CT molecular complexity index is 1870. The minimum absolute atomic E-state index is 0.108. The monoisotopic (exact) mass is 894 g/mol. The van der Waals surface area contributed by atoms with Crippen molar-refractivity contribution in [2.24, 2.45) is 5.73 Å². The van der Waals surface area contributed by atoms with E-state index in [1.165, 1.54) is 4.90 Å². The molecule has 62 heavy (non-hydrogen) atoms. The summed E-state index contributed by atoms with van der Waals surface area (Å²) in [5.41, 5.74) is 18.9. The molecule has 0 saturated carbocycles. The molecule has 0 aliphatic heterocycles. The molecule has 0 fully saturated rings. The van der Waals surface area contributed by atoms with Crippen LogP contribution >= 0.6 is 11.6 Å². The standard InChI is InChI=1S/C40H63ClN10O11/c1-2-26(53)31(57)32(58)27(54)18-51(19-28(55)33(59)34(60)29(56)20-52)17-7-16-46-25(38(44)61)14-13-22-12-11-21(23-9-3-4-10-24(22)23)8-5-6-15-47-40(45)50-39(62)30-36(42)49-37(43)35(41)48-30/h3-4,9-12,25-29,31-34,46,52-60H,2,5-8,13-20H2,1H3,(H2,44,61)(H4,42,43,49)(H3,45,47,50,62)/t25-,26+,27-,28-,29+,31+,32+,33+,34+/m0/s1. The quantitative estimate of drug-likeness (QED) is 0.0207. The molecular weight excluding hydrogens is 832 g/mol. The summed E-state index contributed by atoms with van der Waals surface area (Å²) in [6, 6.07) is 11.2. The Morgan fingerprint density at radius 1 is 0.774 bits per heavy atom. The molecule has 1 heterocycles. The van der Waals surface area contributed by atoms with E-state index >= 15 is 0 Å². The van der Waals surface area contributed by atoms with Gasteiger partial charge in [0.1, 0.15) is 30.5 Å². The smallest absolute Gasteiger partial charge is 0.280 e. The van der Waals surface area contributed by atoms with Crippen molar-refractivity contribution >= 4 is 51.8 Å². The number of hydrogen-bond donors (Lipinski definition) is 16. The van der Waals surface area contributed by atoms with E-state index < -0.39 is 73.3 Å². The first-order chi connectivity index (χ1) is 29.4. The number of halogens is 1. The van der Waals surface area contributed by atoms with Gasteiger partial charge >= 0.3 is 0 Å². The molecule has 0 aliphatic rings. The third kappa shape index (κ3) is 15.5. The molecule has 0 unspecified atom stereocenters. The number of fused-ring (bicyclic) bond motifs is 1. The van der Waals surface area contributed by atoms with E-state index in [4.69, 9.17) is 39.3 Å². The molecule has 0 aliphatic carbocycles. The van der Waals surface area contributed by atoms with E-state index in [-0.39, 0.29) is 61.0 Å². The molecule has 1 aromatic heterocycles. The van der Waals surface area contributed by atoms with E-state index in [0.717, 1.165) is 34.7 Å². The first kappa shape index (κ1) is 52.0. The van der Waals surface area contributed by atoms with E-state index in [9.17, 15) is 50.4 Å². The number of nitrogens with two attached hydrogens (primary N) is 3. The van der Waals surface area contributed by atoms with Gasteiger partial charge < -0.3 is 73.8 Å². The van der Waals surface area contributed by atoms with Crippen LogP contribution in [-0.2, 0) is 17.6 Å². The fourth-order valence-corrected chi connectivity index (χ4v) is 6.95. The summed E-state index contributed by atoms with van der Waals surface area (Å²) < 4.78 is 0. The van der Waals surface area contributed by atoms with Crippen molar-refractivity contribution in [2.45, 2.75) is 107 Å². The Labute approximate surface area is 364 Å². The second-order valence-corrected chi connectivity index (χ2v) is 15.5. The molecule has 9 atom stereocenters. The highest BCUT2D eigenvalue weighted by molar-refractivity contribution is 6.31. The highest BCUT2D eigenvalue weighted by atomic mass is 35.5. The van der Waals surface area contributed by atoms with Gasteiger partial charge in [-0.05, 0) is 79.9 Å². The molecule has 0 radical (unpaired) electrons. The number of unbranched alkanes of at least 4 members (excludes halogenated alkanes) is 1. The van der Waals surface area contributed by atoms with Gasteiger partial charge in [-0.2, -0.15) is 0 Å². The minimum Gasteiger partial charge on any atom is -0.394 e. The first-order valence-electron chi connectivity index (χ1n) is 20.4. The fourth-order valence-electron chi connectivity index (χ4n) is 6.83. The van der Waals surface area contributed by atoms with Crippen molar-refractivity contribution in [3.05, 3.63) is 58.4 Å². The molecule has 21 nitrogen and oxygen atoms in total. The normalized spacial score (nSPS) is 16.2. The van der Waals surface area contributed by atoms with Crippen LogP contribution in [0.25, 0.3) is 10.8 Å². The summed E-state index contributed by atoms with van der Waals surface area (Å²) in [6.07, 6.45) is -10.0. The van der Waals surface area contributed by atoms with Crippen molar-refractivity contribution in [3.8, 4) is 0 Å². The zero-order valence-corrected chi connectivity index (χ0v) is 35.4. The van der Waals surface area contributed by atoms with Gasteiger partial charge in [-0.15, -0.1) is 0 Å². The molecule has 22 heteroatoms. The van der Waals surface area contributed by atoms with Gasteiger partial charge in [0, 0.05) is 19.6 Å². The van der Waals surface area contributed by atoms with Crippen LogP contribution < -0.4 is 33.2 Å². The number of aliphatic hydroxyl groups excluding tert-OH is 9. The number of nitrogens with one attached hydrogen (secondary N) is 4. The van der Waals surface area contributed by atoms with Gasteiger partial charge in [0.05, 0.1) is 31.0 Å². The Morgan fingerprint density at radius 2 is 1.34 bits per heavy atom. The number of hydrogen-bond acceptors (Lipinski definition) is 18. The SMILES string of the molecule is CC[C@@H](O)[C@@H](O)[C@H](O)[C@@H](O)CN(CCCN[C@@H](CCc1ccc(CCCCNC(=N)NC(=O)c2nc(Cl)c(N)nc2N)c2ccccc12)C(N)=O)C[C@H](O)[C@@H](O)[C@H](O)[C@H](O)CO. The summed E-state index contributed by atoms with van der Waals surface area (Å²) in [5.74, 6) is -1.91. The van der Waals surface area contributed by atoms with Crippen LogP contribution in [0.15, 0.2) is 36.4 Å². The lowest BCUT2D eigenvalue weighted by atomic mass is 9.93. The number of nitrogens with zero attached hydrogens (tertiary/aromatic N) is 3. The first-order valence-corrected chi connectivity index (χ1v) is 20.8. The number of rotatable bonds is 27. The van der Waals surface area contributed by atoms with Gasteiger partial charge in [0.2, 0.25) is 5.91 Å². The van der Waals surface area contributed by atoms with E-state index in [2.05, 4.69) is 25.9 Å². The molecule has 2 amide bonds. The topological polar surface area (TPSA) is 383 Å². The largest absolute Gasteiger partial charge is 0.394 e. The van der Waals surface area contributed by atoms with Crippen molar-refractivity contribution < 1.29 is 55.5 Å². The molecule has 19 N–H and O–H groups in total. The predicted octanol–water partition coefficient (Wildman–Crippen LogP) is -2.92. The van der Waals surface area contributed by atoms with Gasteiger partial charge in [0.15, 0.2) is 28.4 Å². The molecule has 0 saturated heterocycles. The molecule has 0 spiro atoms. The molecule has 3 rings (SSSR count). The second-order valence-electron chi connectivity index (χ2n) is 15.2. The number of aromatic nitrogens is 2. The highest BCUT2D eigenvalue weighted by Crippen LogP contribution is 2.26. The van der Waals surface area contributed by atoms with Crippen LogP contribution in [0.2, 0.25) is 5.15 Å². The maximum Gasteiger partial charge on any atom is 0.280 e. The third-order valence-electron chi connectivity index (χ3n) is 10.5. The minimum atomic E-state index is -1.89. The van der Waals surface area contributed by atoms with Crippen molar-refractivity contribution in [1.29, 1.82) is 5.41 Å². The number of carbonyl (C=O) groups excluding carboxylic acids is 2. The van der Waals surface area contributed by atoms with E-state index in [1.54, 1.807) is 6.92 Å². The number of anilines is 2. The lowest BCUT2D eigenvalue weighted by Gasteiger charge is -2.33. The van der Waals surface area contributed by atoms with Crippen LogP contribution in [0.1, 0.15) is 60.6 Å². The van der Waals surface area contributed by atoms with Crippen LogP contribution in [0.3, 0.4) is 0 Å².